The largest absolute Gasteiger partial charge is 0.345 e. The molecule has 2 heterocycles. The van der Waals surface area contributed by atoms with Crippen molar-refractivity contribution in [2.75, 3.05) is 31.4 Å². The average Bonchev–Trinajstić information content (AvgIpc) is 3.47. The normalized spacial score (nSPS) is 13.4. The number of carbonyl (C=O) groups excluding carboxylic acids is 2. The Morgan fingerprint density at radius 3 is 2.39 bits per heavy atom. The molecule has 0 aliphatic heterocycles. The molecule has 4 rings (SSSR count). The first-order chi connectivity index (χ1) is 13.4. The molecule has 0 saturated heterocycles. The Morgan fingerprint density at radius 1 is 1.04 bits per heavy atom. The highest BCUT2D eigenvalue weighted by molar-refractivity contribution is 7.22. The lowest BCUT2D eigenvalue weighted by molar-refractivity contribution is -0.117. The van der Waals surface area contributed by atoms with Crippen LogP contribution in [0.25, 0.3) is 10.3 Å². The van der Waals surface area contributed by atoms with E-state index in [2.05, 4.69) is 15.3 Å². The summed E-state index contributed by atoms with van der Waals surface area (Å²) in [6.45, 7) is 0. The molecule has 144 valence electrons. The molecule has 28 heavy (non-hydrogen) atoms. The molecule has 0 bridgehead atoms. The number of fused-ring (bicyclic) bond motifs is 1. The summed E-state index contributed by atoms with van der Waals surface area (Å²) >= 11 is 1.38. The molecule has 1 aromatic carbocycles. The molecule has 3 aromatic rings. The standard InChI is InChI=1S/C20H21N5O2S/c1-24(2)19(27)13-6-8-14(9-7-13)25(3)16-11-10-15-18(22-16)28-20(21-15)23-17(26)12-4-5-12/h6-12H,4-5H2,1-3H3,(H,21,23,26). The summed E-state index contributed by atoms with van der Waals surface area (Å²) in [5.74, 6) is 0.926. The lowest BCUT2D eigenvalue weighted by Crippen LogP contribution is -2.21. The smallest absolute Gasteiger partial charge is 0.253 e. The minimum Gasteiger partial charge on any atom is -0.345 e. The molecule has 1 aliphatic rings. The van der Waals surface area contributed by atoms with Gasteiger partial charge in [0, 0.05) is 38.3 Å². The third-order valence-corrected chi connectivity index (χ3v) is 5.55. The summed E-state index contributed by atoms with van der Waals surface area (Å²) < 4.78 is 0. The van der Waals surface area contributed by atoms with Crippen LogP contribution >= 0.6 is 11.3 Å². The van der Waals surface area contributed by atoms with E-state index < -0.39 is 0 Å². The number of nitrogens with zero attached hydrogens (tertiary/aromatic N) is 4. The van der Waals surface area contributed by atoms with Gasteiger partial charge in [-0.15, -0.1) is 0 Å². The van der Waals surface area contributed by atoms with Crippen LogP contribution in [-0.4, -0.2) is 47.8 Å². The SMILES string of the molecule is CN(C)C(=O)c1ccc(N(C)c2ccc3nc(NC(=O)C4CC4)sc3n2)cc1. The lowest BCUT2D eigenvalue weighted by atomic mass is 10.2. The fourth-order valence-corrected chi connectivity index (χ4v) is 3.65. The molecular weight excluding hydrogens is 374 g/mol. The lowest BCUT2D eigenvalue weighted by Gasteiger charge is -2.19. The molecule has 1 saturated carbocycles. The molecule has 0 atom stereocenters. The molecular formula is C20H21N5O2S. The number of aromatic nitrogens is 2. The van der Waals surface area contributed by atoms with Crippen molar-refractivity contribution < 1.29 is 9.59 Å². The number of amides is 2. The van der Waals surface area contributed by atoms with E-state index >= 15 is 0 Å². The van der Waals surface area contributed by atoms with Crippen LogP contribution in [0.3, 0.4) is 0 Å². The maximum absolute atomic E-state index is 12.0. The van der Waals surface area contributed by atoms with Gasteiger partial charge in [-0.3, -0.25) is 9.59 Å². The second-order valence-corrected chi connectivity index (χ2v) is 8.06. The van der Waals surface area contributed by atoms with E-state index in [0.29, 0.717) is 10.7 Å². The Bertz CT molecular complexity index is 1040. The molecule has 7 nitrogen and oxygen atoms in total. The zero-order chi connectivity index (χ0) is 19.8. The Morgan fingerprint density at radius 2 is 1.75 bits per heavy atom. The highest BCUT2D eigenvalue weighted by atomic mass is 32.1. The fourth-order valence-electron chi connectivity index (χ4n) is 2.82. The van der Waals surface area contributed by atoms with Gasteiger partial charge in [-0.2, -0.15) is 0 Å². The van der Waals surface area contributed by atoms with Crippen molar-refractivity contribution in [1.82, 2.24) is 14.9 Å². The van der Waals surface area contributed by atoms with Crippen LogP contribution in [0.1, 0.15) is 23.2 Å². The van der Waals surface area contributed by atoms with Crippen LogP contribution in [0.4, 0.5) is 16.6 Å². The number of pyridine rings is 1. The molecule has 2 aromatic heterocycles. The fraction of sp³-hybridized carbons (Fsp3) is 0.300. The van der Waals surface area contributed by atoms with E-state index in [0.717, 1.165) is 34.7 Å². The van der Waals surface area contributed by atoms with Crippen LogP contribution < -0.4 is 10.2 Å². The molecule has 0 radical (unpaired) electrons. The van der Waals surface area contributed by atoms with E-state index in [-0.39, 0.29) is 17.7 Å². The zero-order valence-electron chi connectivity index (χ0n) is 16.0. The number of carbonyl (C=O) groups is 2. The molecule has 1 N–H and O–H groups in total. The topological polar surface area (TPSA) is 78.4 Å². The molecule has 2 amide bonds. The monoisotopic (exact) mass is 395 g/mol. The second kappa shape index (κ2) is 7.20. The molecule has 1 aliphatic carbocycles. The third kappa shape index (κ3) is 3.68. The first-order valence-electron chi connectivity index (χ1n) is 9.06. The molecule has 1 fully saturated rings. The van der Waals surface area contributed by atoms with Crippen molar-refractivity contribution in [2.24, 2.45) is 5.92 Å². The summed E-state index contributed by atoms with van der Waals surface area (Å²) in [5.41, 5.74) is 2.33. The quantitative estimate of drug-likeness (QED) is 0.715. The zero-order valence-corrected chi connectivity index (χ0v) is 16.8. The summed E-state index contributed by atoms with van der Waals surface area (Å²) in [4.78, 5) is 37.4. The van der Waals surface area contributed by atoms with Crippen molar-refractivity contribution in [1.29, 1.82) is 0 Å². The number of benzene rings is 1. The van der Waals surface area contributed by atoms with Gasteiger partial charge in [-0.05, 0) is 49.2 Å². The molecule has 8 heteroatoms. The summed E-state index contributed by atoms with van der Waals surface area (Å²) in [6, 6.07) is 11.2. The average molecular weight is 395 g/mol. The van der Waals surface area contributed by atoms with Crippen molar-refractivity contribution >= 4 is 50.1 Å². The van der Waals surface area contributed by atoms with Gasteiger partial charge in [0.25, 0.3) is 5.91 Å². The maximum atomic E-state index is 12.0. The van der Waals surface area contributed by atoms with Crippen molar-refractivity contribution in [3.8, 4) is 0 Å². The first-order valence-corrected chi connectivity index (χ1v) is 9.88. The maximum Gasteiger partial charge on any atom is 0.253 e. The van der Waals surface area contributed by atoms with Gasteiger partial charge in [0.1, 0.15) is 16.2 Å². The number of anilines is 3. The van der Waals surface area contributed by atoms with E-state index in [1.165, 1.54) is 11.3 Å². The number of rotatable bonds is 5. The highest BCUT2D eigenvalue weighted by Gasteiger charge is 2.30. The second-order valence-electron chi connectivity index (χ2n) is 7.08. The Hall–Kier alpha value is -3.00. The van der Waals surface area contributed by atoms with Crippen LogP contribution in [0, 0.1) is 5.92 Å². The molecule has 0 unspecified atom stereocenters. The number of thiazole rings is 1. The van der Waals surface area contributed by atoms with E-state index in [4.69, 9.17) is 0 Å². The van der Waals surface area contributed by atoms with E-state index in [1.807, 2.05) is 48.3 Å². The van der Waals surface area contributed by atoms with Crippen LogP contribution in [0.15, 0.2) is 36.4 Å². The predicted molar refractivity (Wildman–Crippen MR) is 111 cm³/mol. The minimum absolute atomic E-state index is 0.0285. The Balaban J connectivity index is 1.54. The molecule has 0 spiro atoms. The van der Waals surface area contributed by atoms with Crippen LogP contribution in [-0.2, 0) is 4.79 Å². The van der Waals surface area contributed by atoms with Gasteiger partial charge >= 0.3 is 0 Å². The number of hydrogen-bond acceptors (Lipinski definition) is 6. The van der Waals surface area contributed by atoms with Gasteiger partial charge in [-0.1, -0.05) is 11.3 Å². The van der Waals surface area contributed by atoms with Gasteiger partial charge in [0.2, 0.25) is 5.91 Å². The summed E-state index contributed by atoms with van der Waals surface area (Å²) in [5, 5.41) is 3.47. The van der Waals surface area contributed by atoms with Crippen molar-refractivity contribution in [3.05, 3.63) is 42.0 Å². The first kappa shape index (κ1) is 18.4. The number of hydrogen-bond donors (Lipinski definition) is 1. The van der Waals surface area contributed by atoms with E-state index in [9.17, 15) is 9.59 Å². The third-order valence-electron chi connectivity index (χ3n) is 4.67. The Labute approximate surface area is 167 Å². The predicted octanol–water partition coefficient (Wildman–Crippen LogP) is 3.51. The highest BCUT2D eigenvalue weighted by Crippen LogP contribution is 2.33. The van der Waals surface area contributed by atoms with Gasteiger partial charge in [-0.25, -0.2) is 9.97 Å². The van der Waals surface area contributed by atoms with Gasteiger partial charge < -0.3 is 15.1 Å². The van der Waals surface area contributed by atoms with Crippen LogP contribution in [0.5, 0.6) is 0 Å². The van der Waals surface area contributed by atoms with Crippen molar-refractivity contribution in [2.45, 2.75) is 12.8 Å². The number of nitrogens with one attached hydrogen (secondary N) is 1. The van der Waals surface area contributed by atoms with Gasteiger partial charge in [0.05, 0.1) is 0 Å². The van der Waals surface area contributed by atoms with Gasteiger partial charge in [0.15, 0.2) is 5.13 Å². The van der Waals surface area contributed by atoms with Crippen LogP contribution in [0.2, 0.25) is 0 Å². The summed E-state index contributed by atoms with van der Waals surface area (Å²) in [7, 11) is 5.39. The van der Waals surface area contributed by atoms with E-state index in [1.54, 1.807) is 19.0 Å². The minimum atomic E-state index is -0.0285. The Kier molecular flexibility index (Phi) is 4.72. The van der Waals surface area contributed by atoms with Crippen molar-refractivity contribution in [3.63, 3.8) is 0 Å². The summed E-state index contributed by atoms with van der Waals surface area (Å²) in [6.07, 6.45) is 1.92.